The summed E-state index contributed by atoms with van der Waals surface area (Å²) in [5.41, 5.74) is 2.25. The topological polar surface area (TPSA) is 71.5 Å². The number of amides is 1. The Morgan fingerprint density at radius 1 is 1.23 bits per heavy atom. The Bertz CT molecular complexity index is 1050. The van der Waals surface area contributed by atoms with Crippen LogP contribution in [0.5, 0.6) is 0 Å². The van der Waals surface area contributed by atoms with Crippen LogP contribution in [-0.4, -0.2) is 29.9 Å². The summed E-state index contributed by atoms with van der Waals surface area (Å²) in [5, 5.41) is 6.11. The predicted molar refractivity (Wildman–Crippen MR) is 101 cm³/mol. The number of nitrogens with zero attached hydrogens (tertiary/aromatic N) is 2. The highest BCUT2D eigenvalue weighted by Gasteiger charge is 2.22. The molecule has 3 aromatic heterocycles. The minimum Gasteiger partial charge on any atom is -0.463 e. The van der Waals surface area contributed by atoms with Gasteiger partial charge in [0, 0.05) is 22.9 Å². The van der Waals surface area contributed by atoms with Gasteiger partial charge < -0.3 is 13.7 Å². The number of hydrogen-bond donors (Lipinski definition) is 1. The van der Waals surface area contributed by atoms with E-state index in [2.05, 4.69) is 10.3 Å². The molecule has 0 aliphatic heterocycles. The summed E-state index contributed by atoms with van der Waals surface area (Å²) in [6.07, 6.45) is 1.59. The van der Waals surface area contributed by atoms with Crippen molar-refractivity contribution in [2.45, 2.75) is 6.54 Å². The lowest BCUT2D eigenvalue weighted by molar-refractivity contribution is 0.0996. The number of benzene rings is 1. The second-order valence-corrected chi connectivity index (χ2v) is 6.97. The SMILES string of the molecule is CN(C)Cc1c(C(=O)Nc2nc(-c3ccco3)cs2)oc2ccccc12. The van der Waals surface area contributed by atoms with Crippen LogP contribution in [-0.2, 0) is 6.54 Å². The van der Waals surface area contributed by atoms with Crippen molar-refractivity contribution < 1.29 is 13.6 Å². The van der Waals surface area contributed by atoms with Crippen LogP contribution in [0.3, 0.4) is 0 Å². The van der Waals surface area contributed by atoms with Gasteiger partial charge in [-0.05, 0) is 32.3 Å². The van der Waals surface area contributed by atoms with E-state index in [-0.39, 0.29) is 5.91 Å². The van der Waals surface area contributed by atoms with Gasteiger partial charge in [0.25, 0.3) is 5.91 Å². The van der Waals surface area contributed by atoms with Crippen LogP contribution in [0.2, 0.25) is 0 Å². The van der Waals surface area contributed by atoms with Gasteiger partial charge in [-0.2, -0.15) is 0 Å². The normalized spacial score (nSPS) is 11.3. The molecular weight excluding hydrogens is 350 g/mol. The second kappa shape index (κ2) is 6.78. The fourth-order valence-electron chi connectivity index (χ4n) is 2.78. The van der Waals surface area contributed by atoms with Gasteiger partial charge in [-0.1, -0.05) is 18.2 Å². The molecule has 0 unspecified atom stereocenters. The number of carbonyl (C=O) groups excluding carboxylic acids is 1. The average Bonchev–Trinajstić information content (AvgIpc) is 3.34. The van der Waals surface area contributed by atoms with Gasteiger partial charge in [0.2, 0.25) is 0 Å². The highest BCUT2D eigenvalue weighted by Crippen LogP contribution is 2.29. The lowest BCUT2D eigenvalue weighted by atomic mass is 10.1. The molecule has 26 heavy (non-hydrogen) atoms. The van der Waals surface area contributed by atoms with E-state index >= 15 is 0 Å². The minimum atomic E-state index is -0.307. The van der Waals surface area contributed by atoms with Crippen LogP contribution in [0.25, 0.3) is 22.4 Å². The first-order valence-electron chi connectivity index (χ1n) is 8.07. The molecule has 0 bridgehead atoms. The fraction of sp³-hybridized carbons (Fsp3) is 0.158. The molecule has 0 atom stereocenters. The number of carbonyl (C=O) groups is 1. The number of hydrogen-bond acceptors (Lipinski definition) is 6. The molecule has 0 fully saturated rings. The monoisotopic (exact) mass is 367 g/mol. The third-order valence-electron chi connectivity index (χ3n) is 3.88. The maximum atomic E-state index is 12.8. The van der Waals surface area contributed by atoms with E-state index in [1.807, 2.05) is 54.7 Å². The molecular formula is C19H17N3O3S. The molecule has 1 N–H and O–H groups in total. The minimum absolute atomic E-state index is 0.307. The Morgan fingerprint density at radius 3 is 2.85 bits per heavy atom. The molecule has 6 nitrogen and oxygen atoms in total. The zero-order valence-electron chi connectivity index (χ0n) is 14.4. The molecule has 1 amide bonds. The van der Waals surface area contributed by atoms with Gasteiger partial charge in [0.15, 0.2) is 16.7 Å². The summed E-state index contributed by atoms with van der Waals surface area (Å²) in [6.45, 7) is 0.606. The zero-order chi connectivity index (χ0) is 18.1. The zero-order valence-corrected chi connectivity index (χ0v) is 15.2. The summed E-state index contributed by atoms with van der Waals surface area (Å²) in [5.74, 6) is 0.673. The molecule has 1 aromatic carbocycles. The number of aromatic nitrogens is 1. The summed E-state index contributed by atoms with van der Waals surface area (Å²) < 4.78 is 11.2. The molecule has 4 aromatic rings. The van der Waals surface area contributed by atoms with E-state index in [1.54, 1.807) is 12.3 Å². The first-order chi connectivity index (χ1) is 12.6. The van der Waals surface area contributed by atoms with Gasteiger partial charge in [0.05, 0.1) is 6.26 Å². The van der Waals surface area contributed by atoms with Crippen molar-refractivity contribution in [3.05, 3.63) is 59.4 Å². The van der Waals surface area contributed by atoms with Crippen LogP contribution < -0.4 is 5.32 Å². The second-order valence-electron chi connectivity index (χ2n) is 6.11. The number of anilines is 1. The Labute approximate surface area is 154 Å². The van der Waals surface area contributed by atoms with E-state index in [1.165, 1.54) is 11.3 Å². The smallest absolute Gasteiger partial charge is 0.293 e. The van der Waals surface area contributed by atoms with E-state index in [9.17, 15) is 4.79 Å². The number of rotatable bonds is 5. The third kappa shape index (κ3) is 3.14. The third-order valence-corrected chi connectivity index (χ3v) is 4.63. The van der Waals surface area contributed by atoms with Gasteiger partial charge >= 0.3 is 0 Å². The van der Waals surface area contributed by atoms with Crippen molar-refractivity contribution in [3.63, 3.8) is 0 Å². The van der Waals surface area contributed by atoms with Gasteiger partial charge in [-0.25, -0.2) is 4.98 Å². The average molecular weight is 367 g/mol. The molecule has 0 spiro atoms. The summed E-state index contributed by atoms with van der Waals surface area (Å²) in [7, 11) is 3.92. The van der Waals surface area contributed by atoms with E-state index < -0.39 is 0 Å². The molecule has 0 aliphatic rings. The van der Waals surface area contributed by atoms with Crippen LogP contribution in [0.15, 0.2) is 56.9 Å². The number of para-hydroxylation sites is 1. The lowest BCUT2D eigenvalue weighted by Crippen LogP contribution is -2.17. The molecule has 7 heteroatoms. The standard InChI is InChI=1S/C19H17N3O3S/c1-22(2)10-13-12-6-3-4-7-15(12)25-17(13)18(23)21-19-20-14(11-26-19)16-8-5-9-24-16/h3-9,11H,10H2,1-2H3,(H,20,21,23). The predicted octanol–water partition coefficient (Wildman–Crippen LogP) is 4.46. The van der Waals surface area contributed by atoms with Crippen molar-refractivity contribution in [2.24, 2.45) is 0 Å². The van der Waals surface area contributed by atoms with Crippen molar-refractivity contribution in [3.8, 4) is 11.5 Å². The Kier molecular flexibility index (Phi) is 4.32. The van der Waals surface area contributed by atoms with Crippen LogP contribution in [0.1, 0.15) is 16.1 Å². The van der Waals surface area contributed by atoms with E-state index in [0.717, 1.165) is 10.9 Å². The van der Waals surface area contributed by atoms with Gasteiger partial charge in [-0.15, -0.1) is 11.3 Å². The molecule has 0 radical (unpaired) electrons. The summed E-state index contributed by atoms with van der Waals surface area (Å²) in [6, 6.07) is 11.3. The van der Waals surface area contributed by atoms with Gasteiger partial charge in [0.1, 0.15) is 11.3 Å². The molecule has 0 saturated heterocycles. The van der Waals surface area contributed by atoms with Crippen molar-refractivity contribution in [1.82, 2.24) is 9.88 Å². The first-order valence-corrected chi connectivity index (χ1v) is 8.95. The molecule has 0 saturated carbocycles. The van der Waals surface area contributed by atoms with E-state index in [0.29, 0.717) is 34.5 Å². The number of nitrogens with one attached hydrogen (secondary N) is 1. The summed E-state index contributed by atoms with van der Waals surface area (Å²) >= 11 is 1.34. The molecule has 132 valence electrons. The fourth-order valence-corrected chi connectivity index (χ4v) is 3.47. The Morgan fingerprint density at radius 2 is 2.08 bits per heavy atom. The van der Waals surface area contributed by atoms with Crippen molar-refractivity contribution >= 4 is 33.3 Å². The van der Waals surface area contributed by atoms with Crippen LogP contribution in [0, 0.1) is 0 Å². The first kappa shape index (κ1) is 16.6. The van der Waals surface area contributed by atoms with Crippen LogP contribution >= 0.6 is 11.3 Å². The quantitative estimate of drug-likeness (QED) is 0.564. The molecule has 4 rings (SSSR count). The van der Waals surface area contributed by atoms with E-state index in [4.69, 9.17) is 8.83 Å². The maximum Gasteiger partial charge on any atom is 0.293 e. The van der Waals surface area contributed by atoms with Crippen molar-refractivity contribution in [2.75, 3.05) is 19.4 Å². The maximum absolute atomic E-state index is 12.8. The molecule has 3 heterocycles. The number of furan rings is 2. The van der Waals surface area contributed by atoms with Gasteiger partial charge in [-0.3, -0.25) is 10.1 Å². The Hall–Kier alpha value is -2.90. The number of fused-ring (bicyclic) bond motifs is 1. The highest BCUT2D eigenvalue weighted by molar-refractivity contribution is 7.14. The highest BCUT2D eigenvalue weighted by atomic mass is 32.1. The Balaban J connectivity index is 1.64. The molecule has 0 aliphatic carbocycles. The largest absolute Gasteiger partial charge is 0.463 e. The lowest BCUT2D eigenvalue weighted by Gasteiger charge is -2.09. The number of thiazole rings is 1. The van der Waals surface area contributed by atoms with Crippen LogP contribution in [0.4, 0.5) is 5.13 Å². The van der Waals surface area contributed by atoms with Crippen molar-refractivity contribution in [1.29, 1.82) is 0 Å². The summed E-state index contributed by atoms with van der Waals surface area (Å²) in [4.78, 5) is 19.2.